The van der Waals surface area contributed by atoms with Gasteiger partial charge in [-0.1, -0.05) is 44.5 Å². The number of benzene rings is 1. The first-order chi connectivity index (χ1) is 8.25. The fourth-order valence-electron chi connectivity index (χ4n) is 2.31. The van der Waals surface area contributed by atoms with Crippen LogP contribution in [0.15, 0.2) is 18.2 Å². The standard InChI is InChI=1S/C16H25NO/c1-11-7-8-12(2)13(9-11)14(16(3,4)5)10-15(18)17-6/h7-9,14H,10H2,1-6H3,(H,17,18). The molecule has 0 aliphatic rings. The molecule has 1 amide bonds. The first-order valence-electron chi connectivity index (χ1n) is 6.53. The fraction of sp³-hybridized carbons (Fsp3) is 0.562. The zero-order chi connectivity index (χ0) is 13.9. The quantitative estimate of drug-likeness (QED) is 0.869. The van der Waals surface area contributed by atoms with Crippen molar-refractivity contribution in [2.75, 3.05) is 7.05 Å². The number of carbonyl (C=O) groups is 1. The second kappa shape index (κ2) is 5.55. The molecule has 1 rings (SSSR count). The second-order valence-corrected chi connectivity index (χ2v) is 6.16. The van der Waals surface area contributed by atoms with Crippen molar-refractivity contribution in [3.8, 4) is 0 Å². The van der Waals surface area contributed by atoms with Crippen LogP contribution in [-0.4, -0.2) is 13.0 Å². The van der Waals surface area contributed by atoms with Crippen molar-refractivity contribution < 1.29 is 4.79 Å². The Labute approximate surface area is 111 Å². The van der Waals surface area contributed by atoms with Gasteiger partial charge in [0.25, 0.3) is 0 Å². The molecule has 0 fully saturated rings. The number of hydrogen-bond donors (Lipinski definition) is 1. The van der Waals surface area contributed by atoms with Gasteiger partial charge in [-0.2, -0.15) is 0 Å². The van der Waals surface area contributed by atoms with E-state index in [-0.39, 0.29) is 17.2 Å². The van der Waals surface area contributed by atoms with Gasteiger partial charge >= 0.3 is 0 Å². The van der Waals surface area contributed by atoms with Crippen LogP contribution in [0.1, 0.15) is 49.8 Å². The van der Waals surface area contributed by atoms with Crippen molar-refractivity contribution in [3.05, 3.63) is 34.9 Å². The lowest BCUT2D eigenvalue weighted by Gasteiger charge is -2.32. The highest BCUT2D eigenvalue weighted by Crippen LogP contribution is 2.39. The largest absolute Gasteiger partial charge is 0.359 e. The molecule has 18 heavy (non-hydrogen) atoms. The molecule has 0 aliphatic heterocycles. The minimum absolute atomic E-state index is 0.0745. The summed E-state index contributed by atoms with van der Waals surface area (Å²) in [5, 5.41) is 2.73. The summed E-state index contributed by atoms with van der Waals surface area (Å²) >= 11 is 0. The van der Waals surface area contributed by atoms with Crippen LogP contribution >= 0.6 is 0 Å². The smallest absolute Gasteiger partial charge is 0.220 e. The summed E-state index contributed by atoms with van der Waals surface area (Å²) in [5.74, 6) is 0.355. The summed E-state index contributed by atoms with van der Waals surface area (Å²) in [6, 6.07) is 6.49. The van der Waals surface area contributed by atoms with Gasteiger partial charge < -0.3 is 5.32 Å². The van der Waals surface area contributed by atoms with E-state index < -0.39 is 0 Å². The molecule has 1 aromatic carbocycles. The monoisotopic (exact) mass is 247 g/mol. The first-order valence-corrected chi connectivity index (χ1v) is 6.53. The van der Waals surface area contributed by atoms with E-state index in [1.54, 1.807) is 7.05 Å². The maximum atomic E-state index is 11.7. The van der Waals surface area contributed by atoms with Gasteiger partial charge in [0.15, 0.2) is 0 Å². The molecule has 100 valence electrons. The molecule has 0 aromatic heterocycles. The van der Waals surface area contributed by atoms with E-state index in [0.29, 0.717) is 6.42 Å². The van der Waals surface area contributed by atoms with Crippen LogP contribution in [0.3, 0.4) is 0 Å². The van der Waals surface area contributed by atoms with E-state index in [1.165, 1.54) is 16.7 Å². The van der Waals surface area contributed by atoms with Crippen molar-refractivity contribution in [3.63, 3.8) is 0 Å². The minimum Gasteiger partial charge on any atom is -0.359 e. The van der Waals surface area contributed by atoms with Crippen LogP contribution in [0.5, 0.6) is 0 Å². The van der Waals surface area contributed by atoms with Crippen LogP contribution in [0.25, 0.3) is 0 Å². The molecule has 1 aromatic rings. The van der Waals surface area contributed by atoms with Gasteiger partial charge in [-0.15, -0.1) is 0 Å². The number of nitrogens with one attached hydrogen (secondary N) is 1. The number of aryl methyl sites for hydroxylation is 2. The fourth-order valence-corrected chi connectivity index (χ4v) is 2.31. The van der Waals surface area contributed by atoms with E-state index in [9.17, 15) is 4.79 Å². The van der Waals surface area contributed by atoms with E-state index in [1.807, 2.05) is 0 Å². The summed E-state index contributed by atoms with van der Waals surface area (Å²) in [4.78, 5) is 11.7. The van der Waals surface area contributed by atoms with Gasteiger partial charge in [0.05, 0.1) is 0 Å². The van der Waals surface area contributed by atoms with Gasteiger partial charge in [0.2, 0.25) is 5.91 Å². The molecule has 0 spiro atoms. The zero-order valence-electron chi connectivity index (χ0n) is 12.4. The lowest BCUT2D eigenvalue weighted by Crippen LogP contribution is -2.27. The highest BCUT2D eigenvalue weighted by molar-refractivity contribution is 5.76. The van der Waals surface area contributed by atoms with Crippen molar-refractivity contribution in [2.24, 2.45) is 5.41 Å². The van der Waals surface area contributed by atoms with Gasteiger partial charge in [-0.3, -0.25) is 4.79 Å². The number of amides is 1. The average Bonchev–Trinajstić information content (AvgIpc) is 2.27. The Bertz CT molecular complexity index is 429. The lowest BCUT2D eigenvalue weighted by atomic mass is 9.73. The molecule has 1 N–H and O–H groups in total. The van der Waals surface area contributed by atoms with Crippen molar-refractivity contribution in [1.82, 2.24) is 5.32 Å². The number of hydrogen-bond acceptors (Lipinski definition) is 1. The number of rotatable bonds is 3. The summed E-state index contributed by atoms with van der Waals surface area (Å²) in [5.41, 5.74) is 3.89. The molecule has 0 saturated heterocycles. The minimum atomic E-state index is 0.0745. The van der Waals surface area contributed by atoms with Gasteiger partial charge in [0, 0.05) is 13.5 Å². The van der Waals surface area contributed by atoms with E-state index in [4.69, 9.17) is 0 Å². The molecule has 0 bridgehead atoms. The highest BCUT2D eigenvalue weighted by atomic mass is 16.1. The Morgan fingerprint density at radius 1 is 1.28 bits per heavy atom. The zero-order valence-corrected chi connectivity index (χ0v) is 12.4. The summed E-state index contributed by atoms with van der Waals surface area (Å²) in [6.07, 6.45) is 0.546. The molecule has 2 nitrogen and oxygen atoms in total. The Hall–Kier alpha value is -1.31. The maximum Gasteiger partial charge on any atom is 0.220 e. The van der Waals surface area contributed by atoms with Crippen molar-refractivity contribution >= 4 is 5.91 Å². The SMILES string of the molecule is CNC(=O)CC(c1cc(C)ccc1C)C(C)(C)C. The molecular weight excluding hydrogens is 222 g/mol. The lowest BCUT2D eigenvalue weighted by molar-refractivity contribution is -0.121. The Kier molecular flexibility index (Phi) is 4.55. The Morgan fingerprint density at radius 2 is 1.89 bits per heavy atom. The topological polar surface area (TPSA) is 29.1 Å². The van der Waals surface area contributed by atoms with Crippen LogP contribution in [0, 0.1) is 19.3 Å². The van der Waals surface area contributed by atoms with Crippen LogP contribution in [-0.2, 0) is 4.79 Å². The summed E-state index contributed by atoms with van der Waals surface area (Å²) < 4.78 is 0. The van der Waals surface area contributed by atoms with Crippen molar-refractivity contribution in [1.29, 1.82) is 0 Å². The van der Waals surface area contributed by atoms with E-state index in [0.717, 1.165) is 0 Å². The predicted octanol–water partition coefficient (Wildman–Crippen LogP) is 3.57. The second-order valence-electron chi connectivity index (χ2n) is 6.16. The molecule has 1 atom stereocenters. The Balaban J connectivity index is 3.17. The highest BCUT2D eigenvalue weighted by Gasteiger charge is 2.29. The van der Waals surface area contributed by atoms with Gasteiger partial charge in [0.1, 0.15) is 0 Å². The van der Waals surface area contributed by atoms with Gasteiger partial charge in [-0.05, 0) is 36.3 Å². The summed E-state index contributed by atoms with van der Waals surface area (Å²) in [6.45, 7) is 10.8. The molecule has 0 radical (unpaired) electrons. The molecule has 0 aliphatic carbocycles. The average molecular weight is 247 g/mol. The van der Waals surface area contributed by atoms with E-state index in [2.05, 4.69) is 58.1 Å². The normalized spacial score (nSPS) is 13.2. The Morgan fingerprint density at radius 3 is 2.39 bits per heavy atom. The van der Waals surface area contributed by atoms with E-state index >= 15 is 0 Å². The molecular formula is C16H25NO. The maximum absolute atomic E-state index is 11.7. The van der Waals surface area contributed by atoms with Crippen LogP contribution in [0.4, 0.5) is 0 Å². The summed E-state index contributed by atoms with van der Waals surface area (Å²) in [7, 11) is 1.70. The van der Waals surface area contributed by atoms with Crippen LogP contribution in [0.2, 0.25) is 0 Å². The van der Waals surface area contributed by atoms with Gasteiger partial charge in [-0.25, -0.2) is 0 Å². The number of carbonyl (C=O) groups excluding carboxylic acids is 1. The molecule has 1 unspecified atom stereocenters. The predicted molar refractivity (Wildman–Crippen MR) is 76.8 cm³/mol. The third-order valence-corrected chi connectivity index (χ3v) is 3.52. The molecule has 2 heteroatoms. The first kappa shape index (κ1) is 14.7. The van der Waals surface area contributed by atoms with Crippen LogP contribution < -0.4 is 5.32 Å². The molecule has 0 heterocycles. The molecule has 0 saturated carbocycles. The third-order valence-electron chi connectivity index (χ3n) is 3.52. The van der Waals surface area contributed by atoms with Crippen molar-refractivity contribution in [2.45, 2.75) is 47.0 Å². The third kappa shape index (κ3) is 3.59.